The summed E-state index contributed by atoms with van der Waals surface area (Å²) >= 11 is 3.29. The van der Waals surface area contributed by atoms with Crippen LogP contribution >= 0.6 is 15.9 Å². The second-order valence-corrected chi connectivity index (χ2v) is 4.29. The van der Waals surface area contributed by atoms with E-state index < -0.39 is 0 Å². The van der Waals surface area contributed by atoms with Gasteiger partial charge >= 0.3 is 0 Å². The van der Waals surface area contributed by atoms with Crippen LogP contribution in [0.15, 0.2) is 41.5 Å². The minimum atomic E-state index is -0.211. The van der Waals surface area contributed by atoms with E-state index in [1.165, 1.54) is 12.1 Å². The van der Waals surface area contributed by atoms with Crippen molar-refractivity contribution in [3.63, 3.8) is 0 Å². The molecule has 2 aromatic rings. The van der Waals surface area contributed by atoms with E-state index in [1.54, 1.807) is 6.07 Å². The summed E-state index contributed by atoms with van der Waals surface area (Å²) in [6.45, 7) is 4.42. The SMILES string of the molecule is C=C(Br)Cn1ccc2ccc(F)cc21. The molecule has 0 fully saturated rings. The number of benzene rings is 1. The molecule has 0 radical (unpaired) electrons. The van der Waals surface area contributed by atoms with Crippen molar-refractivity contribution in [2.75, 3.05) is 0 Å². The summed E-state index contributed by atoms with van der Waals surface area (Å²) in [6.07, 6.45) is 1.93. The molecule has 0 unspecified atom stereocenters. The lowest BCUT2D eigenvalue weighted by Gasteiger charge is -2.03. The van der Waals surface area contributed by atoms with Crippen LogP contribution in [0, 0.1) is 5.82 Å². The molecule has 0 aliphatic rings. The van der Waals surface area contributed by atoms with Gasteiger partial charge in [0.2, 0.25) is 0 Å². The molecular weight excluding hydrogens is 245 g/mol. The smallest absolute Gasteiger partial charge is 0.125 e. The predicted molar refractivity (Wildman–Crippen MR) is 60.0 cm³/mol. The largest absolute Gasteiger partial charge is 0.342 e. The third kappa shape index (κ3) is 1.73. The number of hydrogen-bond acceptors (Lipinski definition) is 0. The first-order valence-corrected chi connectivity index (χ1v) is 5.04. The summed E-state index contributed by atoms with van der Waals surface area (Å²) in [5.41, 5.74) is 0.894. The predicted octanol–water partition coefficient (Wildman–Crippen LogP) is 3.69. The van der Waals surface area contributed by atoms with Gasteiger partial charge in [-0.2, -0.15) is 0 Å². The van der Waals surface area contributed by atoms with E-state index in [4.69, 9.17) is 0 Å². The summed E-state index contributed by atoms with van der Waals surface area (Å²) in [5.74, 6) is -0.211. The molecule has 0 bridgehead atoms. The summed E-state index contributed by atoms with van der Waals surface area (Å²) < 4.78 is 15.8. The van der Waals surface area contributed by atoms with Gasteiger partial charge in [-0.1, -0.05) is 22.5 Å². The monoisotopic (exact) mass is 253 g/mol. The fraction of sp³-hybridized carbons (Fsp3) is 0.0909. The van der Waals surface area contributed by atoms with Crippen LogP contribution in [-0.2, 0) is 6.54 Å². The molecule has 0 saturated carbocycles. The highest BCUT2D eigenvalue weighted by atomic mass is 79.9. The Morgan fingerprint density at radius 1 is 1.43 bits per heavy atom. The Kier molecular flexibility index (Phi) is 2.42. The van der Waals surface area contributed by atoms with Crippen LogP contribution in [0.4, 0.5) is 4.39 Å². The van der Waals surface area contributed by atoms with Crippen LogP contribution in [0.2, 0.25) is 0 Å². The van der Waals surface area contributed by atoms with E-state index in [0.717, 1.165) is 15.4 Å². The first-order chi connectivity index (χ1) is 6.66. The summed E-state index contributed by atoms with van der Waals surface area (Å²) in [5, 5.41) is 1.04. The zero-order valence-corrected chi connectivity index (χ0v) is 9.09. The van der Waals surface area contributed by atoms with Gasteiger partial charge in [-0.3, -0.25) is 0 Å². The van der Waals surface area contributed by atoms with Gasteiger partial charge in [-0.05, 0) is 29.7 Å². The minimum absolute atomic E-state index is 0.211. The van der Waals surface area contributed by atoms with Gasteiger partial charge in [0.05, 0.1) is 12.1 Å². The lowest BCUT2D eigenvalue weighted by atomic mass is 10.2. The number of fused-ring (bicyclic) bond motifs is 1. The highest BCUT2D eigenvalue weighted by Crippen LogP contribution is 2.19. The number of halogens is 2. The van der Waals surface area contributed by atoms with Gasteiger partial charge in [-0.25, -0.2) is 4.39 Å². The van der Waals surface area contributed by atoms with Crippen LogP contribution in [0.3, 0.4) is 0 Å². The fourth-order valence-corrected chi connectivity index (χ4v) is 1.75. The Labute approximate surface area is 90.0 Å². The summed E-state index contributed by atoms with van der Waals surface area (Å²) in [6, 6.07) is 6.74. The number of aromatic nitrogens is 1. The molecule has 1 nitrogen and oxygen atoms in total. The maximum atomic E-state index is 13.0. The molecule has 0 aliphatic carbocycles. The topological polar surface area (TPSA) is 4.93 Å². The molecule has 0 aliphatic heterocycles. The Hall–Kier alpha value is -1.09. The maximum absolute atomic E-state index is 13.0. The van der Waals surface area contributed by atoms with Gasteiger partial charge in [-0.15, -0.1) is 0 Å². The van der Waals surface area contributed by atoms with Gasteiger partial charge in [0.15, 0.2) is 0 Å². The van der Waals surface area contributed by atoms with Gasteiger partial charge in [0, 0.05) is 10.7 Å². The molecule has 0 amide bonds. The Morgan fingerprint density at radius 2 is 2.21 bits per heavy atom. The van der Waals surface area contributed by atoms with Gasteiger partial charge in [0.25, 0.3) is 0 Å². The Balaban J connectivity index is 2.55. The van der Waals surface area contributed by atoms with E-state index >= 15 is 0 Å². The Bertz CT molecular complexity index is 487. The quantitative estimate of drug-likeness (QED) is 0.770. The molecular formula is C11H9BrFN. The minimum Gasteiger partial charge on any atom is -0.342 e. The molecule has 0 saturated heterocycles. The van der Waals surface area contributed by atoms with Crippen molar-refractivity contribution in [2.24, 2.45) is 0 Å². The van der Waals surface area contributed by atoms with E-state index in [1.807, 2.05) is 16.8 Å². The maximum Gasteiger partial charge on any atom is 0.125 e. The first-order valence-electron chi connectivity index (χ1n) is 4.24. The second-order valence-electron chi connectivity index (χ2n) is 3.16. The second kappa shape index (κ2) is 3.58. The molecule has 1 aromatic heterocycles. The molecule has 14 heavy (non-hydrogen) atoms. The van der Waals surface area contributed by atoms with Crippen LogP contribution in [0.5, 0.6) is 0 Å². The van der Waals surface area contributed by atoms with Crippen molar-refractivity contribution in [3.8, 4) is 0 Å². The summed E-state index contributed by atoms with van der Waals surface area (Å²) in [7, 11) is 0. The number of rotatable bonds is 2. The molecule has 0 atom stereocenters. The van der Waals surface area contributed by atoms with Crippen molar-refractivity contribution >= 4 is 26.8 Å². The molecule has 2 rings (SSSR count). The lowest BCUT2D eigenvalue weighted by molar-refractivity contribution is 0.628. The van der Waals surface area contributed by atoms with Crippen LogP contribution in [0.25, 0.3) is 10.9 Å². The standard InChI is InChI=1S/C11H9BrFN/c1-8(12)7-14-5-4-9-2-3-10(13)6-11(9)14/h2-6H,1,7H2. The van der Waals surface area contributed by atoms with Crippen LogP contribution in [-0.4, -0.2) is 4.57 Å². The average Bonchev–Trinajstić information content (AvgIpc) is 2.47. The number of nitrogens with zero attached hydrogens (tertiary/aromatic N) is 1. The normalized spacial score (nSPS) is 10.7. The lowest BCUT2D eigenvalue weighted by Crippen LogP contribution is -1.94. The zero-order chi connectivity index (χ0) is 10.1. The first kappa shape index (κ1) is 9.46. The van der Waals surface area contributed by atoms with E-state index in [0.29, 0.717) is 6.54 Å². The van der Waals surface area contributed by atoms with Gasteiger partial charge in [0.1, 0.15) is 5.82 Å². The molecule has 1 heterocycles. The third-order valence-corrected chi connectivity index (χ3v) is 2.33. The highest BCUT2D eigenvalue weighted by Gasteiger charge is 2.02. The molecule has 0 N–H and O–H groups in total. The van der Waals surface area contributed by atoms with Crippen LogP contribution in [0.1, 0.15) is 0 Å². The molecule has 1 aromatic carbocycles. The van der Waals surface area contributed by atoms with E-state index in [-0.39, 0.29) is 5.82 Å². The fourth-order valence-electron chi connectivity index (χ4n) is 1.48. The van der Waals surface area contributed by atoms with Crippen molar-refractivity contribution in [1.29, 1.82) is 0 Å². The van der Waals surface area contributed by atoms with E-state index in [2.05, 4.69) is 22.5 Å². The van der Waals surface area contributed by atoms with Crippen molar-refractivity contribution in [3.05, 3.63) is 47.3 Å². The average molecular weight is 254 g/mol. The molecule has 0 spiro atoms. The molecule has 72 valence electrons. The third-order valence-electron chi connectivity index (χ3n) is 2.08. The van der Waals surface area contributed by atoms with Crippen molar-refractivity contribution < 1.29 is 4.39 Å². The Morgan fingerprint density at radius 3 is 2.93 bits per heavy atom. The van der Waals surface area contributed by atoms with Crippen molar-refractivity contribution in [1.82, 2.24) is 4.57 Å². The number of hydrogen-bond donors (Lipinski definition) is 0. The van der Waals surface area contributed by atoms with Gasteiger partial charge < -0.3 is 4.57 Å². The number of allylic oxidation sites excluding steroid dienone is 1. The van der Waals surface area contributed by atoms with E-state index in [9.17, 15) is 4.39 Å². The zero-order valence-electron chi connectivity index (χ0n) is 7.50. The van der Waals surface area contributed by atoms with Crippen molar-refractivity contribution in [2.45, 2.75) is 6.54 Å². The van der Waals surface area contributed by atoms with Crippen LogP contribution < -0.4 is 0 Å². The highest BCUT2D eigenvalue weighted by molar-refractivity contribution is 9.11. The molecule has 3 heteroatoms. The summed E-state index contributed by atoms with van der Waals surface area (Å²) in [4.78, 5) is 0.